The highest BCUT2D eigenvalue weighted by Gasteiger charge is 2.29. The van der Waals surface area contributed by atoms with E-state index in [1.165, 1.54) is 154 Å². The summed E-state index contributed by atoms with van der Waals surface area (Å²) in [5.41, 5.74) is 0. The second-order valence-corrected chi connectivity index (χ2v) is 17.1. The molecule has 0 heterocycles. The van der Waals surface area contributed by atoms with Gasteiger partial charge in [-0.05, 0) is 50.4 Å². The second kappa shape index (κ2) is 32.9. The zero-order valence-electron chi connectivity index (χ0n) is 32.8. The van der Waals surface area contributed by atoms with Crippen LogP contribution in [0, 0.1) is 11.8 Å². The van der Waals surface area contributed by atoms with Gasteiger partial charge < -0.3 is 5.11 Å². The minimum atomic E-state index is -3.47. The Morgan fingerprint density at radius 3 is 1.38 bits per heavy atom. The number of aliphatic hydroxyl groups excluding tert-OH is 1. The fourth-order valence-corrected chi connectivity index (χ4v) is 8.95. The molecule has 0 aromatic carbocycles. The van der Waals surface area contributed by atoms with Crippen molar-refractivity contribution in [3.05, 3.63) is 0 Å². The normalized spacial score (nSPS) is 16.5. The molecule has 7 heteroatoms. The number of nitrogens with zero attached hydrogens (tertiary/aromatic N) is 1. The molecule has 0 spiro atoms. The van der Waals surface area contributed by atoms with E-state index in [1.807, 2.05) is 0 Å². The van der Waals surface area contributed by atoms with E-state index in [0.29, 0.717) is 44.2 Å². The van der Waals surface area contributed by atoms with Crippen molar-refractivity contribution < 1.29 is 18.7 Å². The maximum atomic E-state index is 14.5. The van der Waals surface area contributed by atoms with Gasteiger partial charge in [-0.25, -0.2) is 9.65 Å². The molecule has 288 valence electrons. The summed E-state index contributed by atoms with van der Waals surface area (Å²) < 4.78 is 27.4. The molecule has 0 saturated heterocycles. The molecule has 1 rings (SSSR count). The molecule has 1 saturated carbocycles. The van der Waals surface area contributed by atoms with Crippen molar-refractivity contribution in [1.29, 1.82) is 0 Å². The van der Waals surface area contributed by atoms with Crippen LogP contribution in [0.15, 0.2) is 0 Å². The van der Waals surface area contributed by atoms with E-state index in [0.717, 1.165) is 32.2 Å². The standard InChI is InChI=1S/C41H85N2O4P/c1-5-9-13-17-19-23-29-39(27-21-15-11-7-3)37-46-48(45,42-33-34-43(35-36-44)41-31-25-26-32-41)47-38-40(28-22-16-12-8-4)30-24-20-18-14-10-6-2/h39-41,44H,5-38H2,1-4H3,(H,42,45). The molecule has 0 aromatic heterocycles. The second-order valence-electron chi connectivity index (χ2n) is 15.2. The van der Waals surface area contributed by atoms with Gasteiger partial charge in [0.2, 0.25) is 0 Å². The Labute approximate surface area is 300 Å². The first-order valence-electron chi connectivity index (χ1n) is 21.5. The molecule has 0 aliphatic heterocycles. The Morgan fingerprint density at radius 2 is 0.979 bits per heavy atom. The van der Waals surface area contributed by atoms with Crippen LogP contribution in [0.3, 0.4) is 0 Å². The average molecular weight is 701 g/mol. The van der Waals surface area contributed by atoms with Crippen molar-refractivity contribution in [2.24, 2.45) is 11.8 Å². The Morgan fingerprint density at radius 1 is 0.604 bits per heavy atom. The number of hydrogen-bond donors (Lipinski definition) is 2. The van der Waals surface area contributed by atoms with Crippen LogP contribution in [0.5, 0.6) is 0 Å². The summed E-state index contributed by atoms with van der Waals surface area (Å²) in [6.45, 7) is 12.3. The van der Waals surface area contributed by atoms with Crippen LogP contribution in [0.1, 0.15) is 207 Å². The topological polar surface area (TPSA) is 71.0 Å². The Kier molecular flexibility index (Phi) is 31.6. The minimum absolute atomic E-state index is 0.164. The maximum absolute atomic E-state index is 14.5. The van der Waals surface area contributed by atoms with E-state index in [2.05, 4.69) is 37.7 Å². The lowest BCUT2D eigenvalue weighted by Gasteiger charge is -2.29. The highest BCUT2D eigenvalue weighted by molar-refractivity contribution is 7.51. The molecule has 1 aliphatic carbocycles. The van der Waals surface area contributed by atoms with E-state index in [1.54, 1.807) is 0 Å². The third-order valence-corrected chi connectivity index (χ3v) is 12.3. The summed E-state index contributed by atoms with van der Waals surface area (Å²) in [4.78, 5) is 2.38. The van der Waals surface area contributed by atoms with Gasteiger partial charge in [-0.2, -0.15) is 0 Å². The van der Waals surface area contributed by atoms with E-state index in [-0.39, 0.29) is 6.61 Å². The van der Waals surface area contributed by atoms with Gasteiger partial charge >= 0.3 is 7.75 Å². The van der Waals surface area contributed by atoms with Crippen LogP contribution in [-0.2, 0) is 13.6 Å². The monoisotopic (exact) mass is 701 g/mol. The molecule has 0 radical (unpaired) electrons. The first kappa shape index (κ1) is 46.1. The summed E-state index contributed by atoms with van der Waals surface area (Å²) in [7, 11) is -3.47. The summed E-state index contributed by atoms with van der Waals surface area (Å²) in [5, 5.41) is 13.1. The van der Waals surface area contributed by atoms with Crippen molar-refractivity contribution in [2.45, 2.75) is 214 Å². The number of rotatable bonds is 37. The molecule has 2 unspecified atom stereocenters. The molecule has 2 N–H and O–H groups in total. The molecule has 6 nitrogen and oxygen atoms in total. The molecule has 1 aliphatic rings. The lowest BCUT2D eigenvalue weighted by atomic mass is 9.95. The van der Waals surface area contributed by atoms with E-state index in [4.69, 9.17) is 9.05 Å². The van der Waals surface area contributed by atoms with E-state index >= 15 is 0 Å². The number of nitrogens with one attached hydrogen (secondary N) is 1. The average Bonchev–Trinajstić information content (AvgIpc) is 3.63. The fraction of sp³-hybridized carbons (Fsp3) is 1.00. The molecule has 1 fully saturated rings. The van der Waals surface area contributed by atoms with Crippen LogP contribution in [0.25, 0.3) is 0 Å². The van der Waals surface area contributed by atoms with Crippen LogP contribution in [0.4, 0.5) is 0 Å². The van der Waals surface area contributed by atoms with Gasteiger partial charge in [-0.1, -0.05) is 169 Å². The van der Waals surface area contributed by atoms with Crippen LogP contribution in [-0.4, -0.2) is 55.5 Å². The van der Waals surface area contributed by atoms with Crippen molar-refractivity contribution in [1.82, 2.24) is 9.99 Å². The third kappa shape index (κ3) is 25.1. The van der Waals surface area contributed by atoms with Crippen molar-refractivity contribution in [3.63, 3.8) is 0 Å². The highest BCUT2D eigenvalue weighted by atomic mass is 31.2. The Hall–Kier alpha value is 0.0300. The summed E-state index contributed by atoms with van der Waals surface area (Å²) in [6, 6.07) is 0.523. The third-order valence-electron chi connectivity index (χ3n) is 10.8. The van der Waals surface area contributed by atoms with Crippen LogP contribution < -0.4 is 5.09 Å². The van der Waals surface area contributed by atoms with E-state index < -0.39 is 7.75 Å². The zero-order valence-corrected chi connectivity index (χ0v) is 33.7. The number of aliphatic hydroxyl groups is 1. The van der Waals surface area contributed by atoms with Crippen molar-refractivity contribution in [3.8, 4) is 0 Å². The SMILES string of the molecule is CCCCCCCCC(CCCCCC)COP(=O)(NCCN(CCO)C1CCCC1)OCC(CCCCCC)CCCCCCCC. The van der Waals surface area contributed by atoms with Crippen molar-refractivity contribution >= 4 is 7.75 Å². The lowest BCUT2D eigenvalue weighted by Crippen LogP contribution is -2.40. The highest BCUT2D eigenvalue weighted by Crippen LogP contribution is 2.45. The predicted molar refractivity (Wildman–Crippen MR) is 209 cm³/mol. The minimum Gasteiger partial charge on any atom is -0.395 e. The lowest BCUT2D eigenvalue weighted by molar-refractivity contribution is 0.134. The van der Waals surface area contributed by atoms with Gasteiger partial charge in [0.25, 0.3) is 0 Å². The first-order chi connectivity index (χ1) is 23.5. The molecular formula is C41H85N2O4P. The first-order valence-corrected chi connectivity index (χ1v) is 23.0. The molecule has 2 atom stereocenters. The zero-order chi connectivity index (χ0) is 35.0. The molecular weight excluding hydrogens is 615 g/mol. The fourth-order valence-electron chi connectivity index (χ4n) is 7.51. The van der Waals surface area contributed by atoms with Gasteiger partial charge in [0.05, 0.1) is 19.8 Å². The van der Waals surface area contributed by atoms with Gasteiger partial charge in [0, 0.05) is 25.7 Å². The summed E-state index contributed by atoms with van der Waals surface area (Å²) in [5.74, 6) is 0.869. The Bertz CT molecular complexity index is 681. The van der Waals surface area contributed by atoms with Crippen LogP contribution >= 0.6 is 7.75 Å². The molecule has 48 heavy (non-hydrogen) atoms. The quantitative estimate of drug-likeness (QED) is 0.0496. The number of unbranched alkanes of at least 4 members (excludes halogenated alkanes) is 16. The molecule has 0 amide bonds. The Balaban J connectivity index is 2.91. The predicted octanol–water partition coefficient (Wildman–Crippen LogP) is 12.6. The van der Waals surface area contributed by atoms with Gasteiger partial charge in [0.1, 0.15) is 0 Å². The maximum Gasteiger partial charge on any atom is 0.405 e. The van der Waals surface area contributed by atoms with E-state index in [9.17, 15) is 9.67 Å². The van der Waals surface area contributed by atoms with Crippen molar-refractivity contribution in [2.75, 3.05) is 39.5 Å². The number of hydrogen-bond acceptors (Lipinski definition) is 5. The largest absolute Gasteiger partial charge is 0.405 e. The smallest absolute Gasteiger partial charge is 0.395 e. The van der Waals surface area contributed by atoms with Crippen LogP contribution in [0.2, 0.25) is 0 Å². The summed E-state index contributed by atoms with van der Waals surface area (Å²) >= 11 is 0. The van der Waals surface area contributed by atoms with Gasteiger partial charge in [-0.15, -0.1) is 0 Å². The van der Waals surface area contributed by atoms with Gasteiger partial charge in [0.15, 0.2) is 0 Å². The summed E-state index contributed by atoms with van der Waals surface area (Å²) in [6.07, 6.45) is 35.2. The van der Waals surface area contributed by atoms with Gasteiger partial charge in [-0.3, -0.25) is 13.9 Å². The molecule has 0 bridgehead atoms. The molecule has 0 aromatic rings.